The van der Waals surface area contributed by atoms with Gasteiger partial charge in [-0.05, 0) is 26.3 Å². The van der Waals surface area contributed by atoms with Gasteiger partial charge < -0.3 is 20.1 Å². The first-order valence-electron chi connectivity index (χ1n) is 6.84. The number of nitrogens with zero attached hydrogens (tertiary/aromatic N) is 1. The van der Waals surface area contributed by atoms with Gasteiger partial charge in [-0.1, -0.05) is 0 Å². The van der Waals surface area contributed by atoms with Gasteiger partial charge in [0.05, 0.1) is 31.1 Å². The van der Waals surface area contributed by atoms with Crippen LogP contribution in [0.3, 0.4) is 0 Å². The molecular formula is C13H22N2O4. The molecule has 2 atom stereocenters. The standard InChI is InChI=1S/C13H22N2O4/c1-13(3-2-4-14-9-13)12(18)15-5-6-19-8-10(15)7-11(16)17/h10,14H,2-9H2,1H3,(H,16,17). The van der Waals surface area contributed by atoms with Gasteiger partial charge in [0.25, 0.3) is 0 Å². The van der Waals surface area contributed by atoms with Crippen molar-refractivity contribution in [2.45, 2.75) is 32.2 Å². The molecule has 6 heteroatoms. The van der Waals surface area contributed by atoms with E-state index in [1.807, 2.05) is 6.92 Å². The lowest BCUT2D eigenvalue weighted by molar-refractivity contribution is -0.154. The number of carboxylic acid groups (broad SMARTS) is 1. The van der Waals surface area contributed by atoms with Gasteiger partial charge in [-0.3, -0.25) is 9.59 Å². The third kappa shape index (κ3) is 3.25. The summed E-state index contributed by atoms with van der Waals surface area (Å²) >= 11 is 0. The Kier molecular flexibility index (Phi) is 4.42. The highest BCUT2D eigenvalue weighted by atomic mass is 16.5. The van der Waals surface area contributed by atoms with Crippen molar-refractivity contribution in [3.63, 3.8) is 0 Å². The van der Waals surface area contributed by atoms with E-state index in [0.29, 0.717) is 26.3 Å². The summed E-state index contributed by atoms with van der Waals surface area (Å²) in [6.45, 7) is 4.89. The van der Waals surface area contributed by atoms with Crippen LogP contribution < -0.4 is 5.32 Å². The summed E-state index contributed by atoms with van der Waals surface area (Å²) < 4.78 is 5.31. The van der Waals surface area contributed by atoms with Crippen molar-refractivity contribution in [3.05, 3.63) is 0 Å². The molecule has 2 aliphatic rings. The van der Waals surface area contributed by atoms with Gasteiger partial charge in [0.1, 0.15) is 0 Å². The van der Waals surface area contributed by atoms with Gasteiger partial charge >= 0.3 is 5.97 Å². The second-order valence-corrected chi connectivity index (χ2v) is 5.67. The minimum Gasteiger partial charge on any atom is -0.481 e. The van der Waals surface area contributed by atoms with Crippen LogP contribution in [0.1, 0.15) is 26.2 Å². The van der Waals surface area contributed by atoms with E-state index in [4.69, 9.17) is 9.84 Å². The van der Waals surface area contributed by atoms with Crippen molar-refractivity contribution in [1.82, 2.24) is 10.2 Å². The summed E-state index contributed by atoms with van der Waals surface area (Å²) in [6, 6.07) is -0.336. The highest BCUT2D eigenvalue weighted by Crippen LogP contribution is 2.29. The van der Waals surface area contributed by atoms with Crippen molar-refractivity contribution < 1.29 is 19.4 Å². The highest BCUT2D eigenvalue weighted by Gasteiger charge is 2.41. The Morgan fingerprint density at radius 3 is 2.95 bits per heavy atom. The topological polar surface area (TPSA) is 78.9 Å². The first-order chi connectivity index (χ1) is 9.03. The summed E-state index contributed by atoms with van der Waals surface area (Å²) in [5, 5.41) is 12.2. The average molecular weight is 270 g/mol. The van der Waals surface area contributed by atoms with Crippen LogP contribution in [0.2, 0.25) is 0 Å². The SMILES string of the molecule is CC1(C(=O)N2CCOCC2CC(=O)O)CCCNC1. The molecule has 6 nitrogen and oxygen atoms in total. The fourth-order valence-electron chi connectivity index (χ4n) is 2.88. The fourth-order valence-corrected chi connectivity index (χ4v) is 2.88. The third-order valence-corrected chi connectivity index (χ3v) is 4.01. The van der Waals surface area contributed by atoms with E-state index in [1.165, 1.54) is 0 Å². The number of rotatable bonds is 3. The summed E-state index contributed by atoms with van der Waals surface area (Å²) in [4.78, 5) is 25.3. The number of carbonyl (C=O) groups excluding carboxylic acids is 1. The second kappa shape index (κ2) is 5.88. The van der Waals surface area contributed by atoms with E-state index in [-0.39, 0.29) is 18.4 Å². The molecule has 2 aliphatic heterocycles. The number of nitrogens with one attached hydrogen (secondary N) is 1. The molecule has 2 saturated heterocycles. The van der Waals surface area contributed by atoms with E-state index in [0.717, 1.165) is 19.4 Å². The van der Waals surface area contributed by atoms with Gasteiger partial charge in [-0.2, -0.15) is 0 Å². The van der Waals surface area contributed by atoms with E-state index in [1.54, 1.807) is 4.90 Å². The van der Waals surface area contributed by atoms with Crippen LogP contribution in [0, 0.1) is 5.41 Å². The van der Waals surface area contributed by atoms with E-state index in [9.17, 15) is 9.59 Å². The Bertz CT molecular complexity index is 353. The lowest BCUT2D eigenvalue weighted by Gasteiger charge is -2.42. The number of carbonyl (C=O) groups is 2. The van der Waals surface area contributed by atoms with Gasteiger partial charge in [0.15, 0.2) is 0 Å². The van der Waals surface area contributed by atoms with Crippen LogP contribution >= 0.6 is 0 Å². The Labute approximate surface area is 113 Å². The number of hydrogen-bond acceptors (Lipinski definition) is 4. The number of piperidine rings is 1. The van der Waals surface area contributed by atoms with Crippen LogP contribution in [-0.2, 0) is 14.3 Å². The number of hydrogen-bond donors (Lipinski definition) is 2. The highest BCUT2D eigenvalue weighted by molar-refractivity contribution is 5.83. The number of amides is 1. The average Bonchev–Trinajstić information content (AvgIpc) is 2.39. The molecule has 1 amide bonds. The van der Waals surface area contributed by atoms with Gasteiger partial charge in [0.2, 0.25) is 5.91 Å². The van der Waals surface area contributed by atoms with Crippen LogP contribution in [0.25, 0.3) is 0 Å². The summed E-state index contributed by atoms with van der Waals surface area (Å²) in [5.41, 5.74) is -0.410. The van der Waals surface area contributed by atoms with Crippen molar-refractivity contribution >= 4 is 11.9 Å². The molecule has 0 radical (unpaired) electrons. The van der Waals surface area contributed by atoms with E-state index < -0.39 is 11.4 Å². The Morgan fingerprint density at radius 2 is 2.32 bits per heavy atom. The van der Waals surface area contributed by atoms with Crippen molar-refractivity contribution in [2.75, 3.05) is 32.8 Å². The van der Waals surface area contributed by atoms with Crippen molar-refractivity contribution in [1.29, 1.82) is 0 Å². The minimum atomic E-state index is -0.889. The van der Waals surface area contributed by atoms with E-state index in [2.05, 4.69) is 5.32 Å². The number of ether oxygens (including phenoxy) is 1. The predicted octanol–water partition coefficient (Wildman–Crippen LogP) is 0.0782. The predicted molar refractivity (Wildman–Crippen MR) is 68.8 cm³/mol. The van der Waals surface area contributed by atoms with Gasteiger partial charge in [-0.25, -0.2) is 0 Å². The maximum absolute atomic E-state index is 12.7. The maximum atomic E-state index is 12.7. The first kappa shape index (κ1) is 14.3. The molecule has 2 heterocycles. The molecule has 2 unspecified atom stereocenters. The van der Waals surface area contributed by atoms with Crippen molar-refractivity contribution in [2.24, 2.45) is 5.41 Å². The number of aliphatic carboxylic acids is 1. The van der Waals surface area contributed by atoms with Crippen molar-refractivity contribution in [3.8, 4) is 0 Å². The number of morpholine rings is 1. The Balaban J connectivity index is 2.08. The molecule has 0 aromatic heterocycles. The van der Waals surface area contributed by atoms with E-state index >= 15 is 0 Å². The van der Waals surface area contributed by atoms with Crippen LogP contribution in [0.15, 0.2) is 0 Å². The summed E-state index contributed by atoms with van der Waals surface area (Å²) in [7, 11) is 0. The van der Waals surface area contributed by atoms with Crippen LogP contribution in [0.4, 0.5) is 0 Å². The Morgan fingerprint density at radius 1 is 1.53 bits per heavy atom. The molecule has 2 N–H and O–H groups in total. The van der Waals surface area contributed by atoms with Crippen LogP contribution in [0.5, 0.6) is 0 Å². The molecule has 2 fully saturated rings. The molecule has 2 rings (SSSR count). The Hall–Kier alpha value is -1.14. The van der Waals surface area contributed by atoms with Gasteiger partial charge in [-0.15, -0.1) is 0 Å². The zero-order chi connectivity index (χ0) is 13.9. The molecule has 108 valence electrons. The largest absolute Gasteiger partial charge is 0.481 e. The fraction of sp³-hybridized carbons (Fsp3) is 0.846. The maximum Gasteiger partial charge on any atom is 0.305 e. The zero-order valence-electron chi connectivity index (χ0n) is 11.4. The third-order valence-electron chi connectivity index (χ3n) is 4.01. The van der Waals surface area contributed by atoms with Gasteiger partial charge in [0, 0.05) is 13.1 Å². The molecule has 0 aromatic carbocycles. The number of carboxylic acids is 1. The van der Waals surface area contributed by atoms with Crippen LogP contribution in [-0.4, -0.2) is 60.8 Å². The monoisotopic (exact) mass is 270 g/mol. The molecule has 0 aliphatic carbocycles. The smallest absolute Gasteiger partial charge is 0.305 e. The molecule has 19 heavy (non-hydrogen) atoms. The molecule has 0 bridgehead atoms. The summed E-state index contributed by atoms with van der Waals surface area (Å²) in [6.07, 6.45) is 1.79. The lowest BCUT2D eigenvalue weighted by Crippen LogP contribution is -2.57. The minimum absolute atomic E-state index is 0.0464. The molecule has 0 saturated carbocycles. The molecule has 0 spiro atoms. The zero-order valence-corrected chi connectivity index (χ0v) is 11.4. The second-order valence-electron chi connectivity index (χ2n) is 5.67. The molecule has 0 aromatic rings. The lowest BCUT2D eigenvalue weighted by atomic mass is 9.81. The summed E-state index contributed by atoms with van der Waals surface area (Å²) in [5.74, 6) is -0.825. The normalized spacial score (nSPS) is 32.1. The first-order valence-corrected chi connectivity index (χ1v) is 6.84. The quantitative estimate of drug-likeness (QED) is 0.759. The molecular weight excluding hydrogens is 248 g/mol.